The van der Waals surface area contributed by atoms with E-state index in [1.807, 2.05) is 6.07 Å². The maximum atomic E-state index is 8.53. The highest BCUT2D eigenvalue weighted by Gasteiger charge is 2.07. The predicted octanol–water partition coefficient (Wildman–Crippen LogP) is 2.99. The second-order valence-electron chi connectivity index (χ2n) is 4.50. The van der Waals surface area contributed by atoms with E-state index in [0.717, 1.165) is 31.7 Å². The third-order valence-corrected chi connectivity index (χ3v) is 3.02. The van der Waals surface area contributed by atoms with Crippen molar-refractivity contribution in [1.82, 2.24) is 4.90 Å². The Morgan fingerprint density at radius 1 is 1.39 bits per heavy atom. The Kier molecular flexibility index (Phi) is 6.24. The Hall–Kier alpha value is -1.53. The molecule has 0 aliphatic rings. The second kappa shape index (κ2) is 7.73. The molecule has 0 N–H and O–H groups in total. The highest BCUT2D eigenvalue weighted by Crippen LogP contribution is 2.21. The largest absolute Gasteiger partial charge is 0.496 e. The first kappa shape index (κ1) is 14.5. The van der Waals surface area contributed by atoms with Crippen LogP contribution in [-0.2, 0) is 13.0 Å². The zero-order valence-corrected chi connectivity index (χ0v) is 11.6. The maximum absolute atomic E-state index is 8.53. The van der Waals surface area contributed by atoms with E-state index in [9.17, 15) is 0 Å². The van der Waals surface area contributed by atoms with Crippen LogP contribution in [0.25, 0.3) is 0 Å². The number of aryl methyl sites for hydroxylation is 1. The number of hydrogen-bond acceptors (Lipinski definition) is 3. The van der Waals surface area contributed by atoms with Crippen LogP contribution in [0.15, 0.2) is 18.2 Å². The van der Waals surface area contributed by atoms with Gasteiger partial charge in [0.25, 0.3) is 0 Å². The Labute approximate surface area is 110 Å². The molecule has 0 bridgehead atoms. The van der Waals surface area contributed by atoms with Gasteiger partial charge in [0, 0.05) is 18.5 Å². The van der Waals surface area contributed by atoms with Crippen molar-refractivity contribution in [2.24, 2.45) is 0 Å². The van der Waals surface area contributed by atoms with Crippen molar-refractivity contribution in [2.75, 3.05) is 20.7 Å². The number of methoxy groups -OCH3 is 1. The number of nitriles is 1. The number of ether oxygens (including phenoxy) is 1. The first-order valence-electron chi connectivity index (χ1n) is 6.42. The molecule has 0 aliphatic heterocycles. The molecule has 3 nitrogen and oxygen atoms in total. The van der Waals surface area contributed by atoms with E-state index in [0.29, 0.717) is 6.42 Å². The molecule has 1 rings (SSSR count). The van der Waals surface area contributed by atoms with Crippen molar-refractivity contribution in [3.05, 3.63) is 29.3 Å². The van der Waals surface area contributed by atoms with Crippen LogP contribution in [0.5, 0.6) is 5.75 Å². The van der Waals surface area contributed by atoms with Crippen LogP contribution in [0.1, 0.15) is 30.9 Å². The van der Waals surface area contributed by atoms with Crippen LogP contribution in [-0.4, -0.2) is 25.6 Å². The van der Waals surface area contributed by atoms with Crippen LogP contribution in [0, 0.1) is 11.3 Å². The molecule has 0 amide bonds. The van der Waals surface area contributed by atoms with Crippen molar-refractivity contribution in [3.8, 4) is 11.8 Å². The third-order valence-electron chi connectivity index (χ3n) is 3.02. The van der Waals surface area contributed by atoms with Gasteiger partial charge in [-0.15, -0.1) is 0 Å². The molecule has 3 heteroatoms. The first-order chi connectivity index (χ1) is 8.71. The summed E-state index contributed by atoms with van der Waals surface area (Å²) in [5.41, 5.74) is 2.55. The molecule has 0 atom stereocenters. The zero-order valence-electron chi connectivity index (χ0n) is 11.6. The normalized spacial score (nSPS) is 10.4. The summed E-state index contributed by atoms with van der Waals surface area (Å²) in [6.07, 6.45) is 2.58. The Morgan fingerprint density at radius 3 is 2.78 bits per heavy atom. The zero-order chi connectivity index (χ0) is 13.4. The molecule has 18 heavy (non-hydrogen) atoms. The summed E-state index contributed by atoms with van der Waals surface area (Å²) < 4.78 is 5.39. The van der Waals surface area contributed by atoms with Gasteiger partial charge in [0.1, 0.15) is 5.75 Å². The van der Waals surface area contributed by atoms with Gasteiger partial charge in [-0.2, -0.15) is 5.26 Å². The maximum Gasteiger partial charge on any atom is 0.123 e. The van der Waals surface area contributed by atoms with Crippen molar-refractivity contribution >= 4 is 0 Å². The van der Waals surface area contributed by atoms with Gasteiger partial charge >= 0.3 is 0 Å². The van der Waals surface area contributed by atoms with Crippen molar-refractivity contribution < 1.29 is 4.74 Å². The molecule has 98 valence electrons. The monoisotopic (exact) mass is 246 g/mol. The fourth-order valence-electron chi connectivity index (χ4n) is 1.97. The molecule has 0 unspecified atom stereocenters. The lowest BCUT2D eigenvalue weighted by atomic mass is 10.1. The average molecular weight is 246 g/mol. The summed E-state index contributed by atoms with van der Waals surface area (Å²) in [7, 11) is 3.79. The quantitative estimate of drug-likeness (QED) is 0.694. The standard InChI is InChI=1S/C15H22N2O/c1-4-13-7-8-15(18-3)14(11-13)12-17(2)10-6-5-9-16/h7-8,11H,4-6,10,12H2,1-3H3. The van der Waals surface area contributed by atoms with Gasteiger partial charge in [0.05, 0.1) is 13.2 Å². The lowest BCUT2D eigenvalue weighted by Gasteiger charge is -2.18. The van der Waals surface area contributed by atoms with Gasteiger partial charge in [-0.05, 0) is 38.1 Å². The van der Waals surface area contributed by atoms with E-state index in [1.54, 1.807) is 7.11 Å². The number of nitrogens with zero attached hydrogens (tertiary/aromatic N) is 2. The van der Waals surface area contributed by atoms with E-state index in [-0.39, 0.29) is 0 Å². The highest BCUT2D eigenvalue weighted by molar-refractivity contribution is 5.37. The number of benzene rings is 1. The summed E-state index contributed by atoms with van der Waals surface area (Å²) in [5, 5.41) is 8.53. The number of rotatable bonds is 7. The second-order valence-corrected chi connectivity index (χ2v) is 4.50. The van der Waals surface area contributed by atoms with Gasteiger partial charge in [0.2, 0.25) is 0 Å². The van der Waals surface area contributed by atoms with E-state index in [1.165, 1.54) is 11.1 Å². The molecule has 0 saturated carbocycles. The van der Waals surface area contributed by atoms with Crippen LogP contribution >= 0.6 is 0 Å². The fourth-order valence-corrected chi connectivity index (χ4v) is 1.97. The summed E-state index contributed by atoms with van der Waals surface area (Å²) in [6, 6.07) is 8.53. The third kappa shape index (κ3) is 4.38. The van der Waals surface area contributed by atoms with Gasteiger partial charge in [-0.25, -0.2) is 0 Å². The molecular formula is C15H22N2O. The Balaban J connectivity index is 2.66. The minimum absolute atomic E-state index is 0.622. The fraction of sp³-hybridized carbons (Fsp3) is 0.533. The summed E-state index contributed by atoms with van der Waals surface area (Å²) in [6.45, 7) is 3.96. The van der Waals surface area contributed by atoms with Crippen LogP contribution in [0.3, 0.4) is 0 Å². The molecule has 0 aromatic heterocycles. The minimum atomic E-state index is 0.622. The lowest BCUT2D eigenvalue weighted by Crippen LogP contribution is -2.19. The van der Waals surface area contributed by atoms with Crippen molar-refractivity contribution in [1.29, 1.82) is 5.26 Å². The molecule has 0 radical (unpaired) electrons. The first-order valence-corrected chi connectivity index (χ1v) is 6.42. The van der Waals surface area contributed by atoms with E-state index in [4.69, 9.17) is 10.00 Å². The Bertz CT molecular complexity index is 409. The molecule has 0 heterocycles. The smallest absolute Gasteiger partial charge is 0.123 e. The summed E-state index contributed by atoms with van der Waals surface area (Å²) in [4.78, 5) is 2.23. The molecule has 0 saturated heterocycles. The SMILES string of the molecule is CCc1ccc(OC)c(CN(C)CCCC#N)c1. The van der Waals surface area contributed by atoms with Gasteiger partial charge in [-0.3, -0.25) is 0 Å². The molecule has 0 aliphatic carbocycles. The van der Waals surface area contributed by atoms with Gasteiger partial charge < -0.3 is 9.64 Å². The minimum Gasteiger partial charge on any atom is -0.496 e. The van der Waals surface area contributed by atoms with Crippen LogP contribution in [0.4, 0.5) is 0 Å². The van der Waals surface area contributed by atoms with E-state index < -0.39 is 0 Å². The Morgan fingerprint density at radius 2 is 2.17 bits per heavy atom. The topological polar surface area (TPSA) is 36.3 Å². The van der Waals surface area contributed by atoms with Crippen LogP contribution in [0.2, 0.25) is 0 Å². The summed E-state index contributed by atoms with van der Waals surface area (Å²) >= 11 is 0. The number of unbranched alkanes of at least 4 members (excludes halogenated alkanes) is 1. The van der Waals surface area contributed by atoms with Crippen LogP contribution < -0.4 is 4.74 Å². The van der Waals surface area contributed by atoms with Crippen molar-refractivity contribution in [3.63, 3.8) is 0 Å². The van der Waals surface area contributed by atoms with E-state index >= 15 is 0 Å². The molecular weight excluding hydrogens is 224 g/mol. The summed E-state index contributed by atoms with van der Waals surface area (Å²) in [5.74, 6) is 0.944. The highest BCUT2D eigenvalue weighted by atomic mass is 16.5. The van der Waals surface area contributed by atoms with Gasteiger partial charge in [-0.1, -0.05) is 19.1 Å². The predicted molar refractivity (Wildman–Crippen MR) is 73.6 cm³/mol. The van der Waals surface area contributed by atoms with Gasteiger partial charge in [0.15, 0.2) is 0 Å². The molecule has 1 aromatic carbocycles. The van der Waals surface area contributed by atoms with Crippen molar-refractivity contribution in [2.45, 2.75) is 32.7 Å². The average Bonchev–Trinajstić information content (AvgIpc) is 2.39. The lowest BCUT2D eigenvalue weighted by molar-refractivity contribution is 0.314. The molecule has 1 aromatic rings. The number of hydrogen-bond donors (Lipinski definition) is 0. The van der Waals surface area contributed by atoms with E-state index in [2.05, 4.69) is 37.1 Å². The molecule has 0 spiro atoms. The molecule has 0 fully saturated rings.